The van der Waals surface area contributed by atoms with Crippen LogP contribution in [0.15, 0.2) is 11.6 Å². The van der Waals surface area contributed by atoms with Crippen molar-refractivity contribution in [3.05, 3.63) is 32.2 Å². The quantitative estimate of drug-likeness (QED) is 0.934. The summed E-state index contributed by atoms with van der Waals surface area (Å²) in [7, 11) is 0. The van der Waals surface area contributed by atoms with Gasteiger partial charge < -0.3 is 5.32 Å². The molecule has 5 heteroatoms. The van der Waals surface area contributed by atoms with Crippen molar-refractivity contribution < 1.29 is 0 Å². The first-order chi connectivity index (χ1) is 8.88. The number of aromatic nitrogens is 2. The van der Waals surface area contributed by atoms with Gasteiger partial charge in [0.1, 0.15) is 16.1 Å². The van der Waals surface area contributed by atoms with Crippen molar-refractivity contribution in [2.24, 2.45) is 0 Å². The van der Waals surface area contributed by atoms with E-state index < -0.39 is 0 Å². The van der Waals surface area contributed by atoms with Gasteiger partial charge in [0, 0.05) is 16.5 Å². The lowest BCUT2D eigenvalue weighted by molar-refractivity contribution is 0.617. The van der Waals surface area contributed by atoms with E-state index >= 15 is 0 Å². The third-order valence-corrected chi connectivity index (χ3v) is 5.28. The maximum atomic E-state index is 4.85. The van der Waals surface area contributed by atoms with E-state index in [1.807, 2.05) is 22.9 Å². The minimum atomic E-state index is 0.186. The summed E-state index contributed by atoms with van der Waals surface area (Å²) < 4.78 is 0. The molecule has 0 aromatic carbocycles. The van der Waals surface area contributed by atoms with Gasteiger partial charge in [-0.1, -0.05) is 6.92 Å². The van der Waals surface area contributed by atoms with Crippen molar-refractivity contribution in [1.82, 2.24) is 15.3 Å². The van der Waals surface area contributed by atoms with Crippen LogP contribution in [0.5, 0.6) is 0 Å². The van der Waals surface area contributed by atoms with Gasteiger partial charge in [0.15, 0.2) is 0 Å². The molecule has 0 saturated carbocycles. The first-order valence-electron chi connectivity index (χ1n) is 6.49. The summed E-state index contributed by atoms with van der Waals surface area (Å²) in [5.41, 5.74) is 1.33. The van der Waals surface area contributed by atoms with E-state index in [1.165, 1.54) is 34.8 Å². The fraction of sp³-hybridized carbons (Fsp3) is 0.538. The van der Waals surface area contributed by atoms with E-state index in [-0.39, 0.29) is 6.04 Å². The first kappa shape index (κ1) is 12.3. The summed E-state index contributed by atoms with van der Waals surface area (Å²) >= 11 is 3.58. The molecule has 0 aliphatic heterocycles. The van der Waals surface area contributed by atoms with Crippen molar-refractivity contribution in [2.75, 3.05) is 6.54 Å². The molecule has 0 spiro atoms. The lowest BCUT2D eigenvalue weighted by Gasteiger charge is -2.11. The minimum Gasteiger partial charge on any atom is -0.303 e. The van der Waals surface area contributed by atoms with Gasteiger partial charge >= 0.3 is 0 Å². The van der Waals surface area contributed by atoms with Gasteiger partial charge in [-0.3, -0.25) is 0 Å². The van der Waals surface area contributed by atoms with E-state index in [0.29, 0.717) is 0 Å². The molecule has 1 aliphatic carbocycles. The zero-order chi connectivity index (χ0) is 12.4. The molecular formula is C13H17N3S2. The van der Waals surface area contributed by atoms with Crippen LogP contribution in [0.2, 0.25) is 0 Å². The number of hydrogen-bond acceptors (Lipinski definition) is 5. The van der Waals surface area contributed by atoms with Gasteiger partial charge in [-0.25, -0.2) is 9.97 Å². The molecule has 2 aromatic rings. The van der Waals surface area contributed by atoms with Crippen LogP contribution in [0.25, 0.3) is 0 Å². The van der Waals surface area contributed by atoms with E-state index in [1.54, 1.807) is 11.3 Å². The Morgan fingerprint density at radius 1 is 1.33 bits per heavy atom. The molecule has 3 nitrogen and oxygen atoms in total. The third kappa shape index (κ3) is 2.35. The van der Waals surface area contributed by atoms with Crippen LogP contribution in [0.3, 0.4) is 0 Å². The van der Waals surface area contributed by atoms with E-state index in [2.05, 4.69) is 17.2 Å². The highest BCUT2D eigenvalue weighted by atomic mass is 32.1. The average Bonchev–Trinajstić information content (AvgIpc) is 3.04. The largest absolute Gasteiger partial charge is 0.303 e. The van der Waals surface area contributed by atoms with Crippen LogP contribution >= 0.6 is 22.7 Å². The summed E-state index contributed by atoms with van der Waals surface area (Å²) in [6.45, 7) is 3.07. The van der Waals surface area contributed by atoms with Crippen LogP contribution < -0.4 is 5.32 Å². The summed E-state index contributed by atoms with van der Waals surface area (Å²) in [5.74, 6) is 0. The molecule has 0 radical (unpaired) electrons. The fourth-order valence-electron chi connectivity index (χ4n) is 2.36. The Hall–Kier alpha value is -0.780. The second-order valence-electron chi connectivity index (χ2n) is 4.49. The first-order valence-corrected chi connectivity index (χ1v) is 8.19. The SMILES string of the molecule is CCNC(c1nccs1)c1nc2c(s1)CCCC2. The maximum absolute atomic E-state index is 4.85. The number of rotatable bonds is 4. The minimum absolute atomic E-state index is 0.186. The van der Waals surface area contributed by atoms with Gasteiger partial charge in [0.25, 0.3) is 0 Å². The second kappa shape index (κ2) is 5.47. The Kier molecular flexibility index (Phi) is 3.72. The molecular weight excluding hydrogens is 262 g/mol. The van der Waals surface area contributed by atoms with Crippen molar-refractivity contribution >= 4 is 22.7 Å². The molecule has 0 bridgehead atoms. The Bertz CT molecular complexity index is 481. The molecule has 2 aromatic heterocycles. The van der Waals surface area contributed by atoms with Gasteiger partial charge in [0.2, 0.25) is 0 Å². The van der Waals surface area contributed by atoms with Gasteiger partial charge in [-0.05, 0) is 32.2 Å². The predicted octanol–water partition coefficient (Wildman–Crippen LogP) is 3.18. The molecule has 1 N–H and O–H groups in total. The molecule has 0 fully saturated rings. The van der Waals surface area contributed by atoms with Crippen molar-refractivity contribution in [3.63, 3.8) is 0 Å². The molecule has 18 heavy (non-hydrogen) atoms. The van der Waals surface area contributed by atoms with Crippen LogP contribution in [0, 0.1) is 0 Å². The summed E-state index contributed by atoms with van der Waals surface area (Å²) in [4.78, 5) is 10.8. The average molecular weight is 279 g/mol. The third-order valence-electron chi connectivity index (χ3n) is 3.22. The predicted molar refractivity (Wildman–Crippen MR) is 76.4 cm³/mol. The molecule has 0 saturated heterocycles. The fourth-order valence-corrected chi connectivity index (χ4v) is 4.38. The summed E-state index contributed by atoms with van der Waals surface area (Å²) in [6, 6.07) is 0.186. The van der Waals surface area contributed by atoms with E-state index in [0.717, 1.165) is 18.0 Å². The highest BCUT2D eigenvalue weighted by Gasteiger charge is 2.23. The number of nitrogens with one attached hydrogen (secondary N) is 1. The molecule has 96 valence electrons. The molecule has 1 atom stereocenters. The number of aryl methyl sites for hydroxylation is 2. The lowest BCUT2D eigenvalue weighted by atomic mass is 10.0. The molecule has 3 rings (SSSR count). The van der Waals surface area contributed by atoms with Crippen LogP contribution in [0.1, 0.15) is 46.4 Å². The molecule has 0 amide bonds. The number of fused-ring (bicyclic) bond motifs is 1. The molecule has 1 unspecified atom stereocenters. The summed E-state index contributed by atoms with van der Waals surface area (Å²) in [6.07, 6.45) is 6.85. The maximum Gasteiger partial charge on any atom is 0.117 e. The monoisotopic (exact) mass is 279 g/mol. The zero-order valence-electron chi connectivity index (χ0n) is 10.5. The lowest BCUT2D eigenvalue weighted by Crippen LogP contribution is -2.21. The van der Waals surface area contributed by atoms with Gasteiger partial charge in [0.05, 0.1) is 5.69 Å². The normalized spacial score (nSPS) is 16.5. The standard InChI is InChI=1S/C13H17N3S2/c1-2-14-11(12-15-7-8-17-12)13-16-9-5-3-4-6-10(9)18-13/h7-8,11,14H,2-6H2,1H3. The second-order valence-corrected chi connectivity index (χ2v) is 6.53. The van der Waals surface area contributed by atoms with Crippen molar-refractivity contribution in [1.29, 1.82) is 0 Å². The van der Waals surface area contributed by atoms with Crippen LogP contribution in [-0.2, 0) is 12.8 Å². The van der Waals surface area contributed by atoms with E-state index in [4.69, 9.17) is 4.98 Å². The van der Waals surface area contributed by atoms with Crippen LogP contribution in [0.4, 0.5) is 0 Å². The van der Waals surface area contributed by atoms with Crippen LogP contribution in [-0.4, -0.2) is 16.5 Å². The van der Waals surface area contributed by atoms with E-state index in [9.17, 15) is 0 Å². The number of nitrogens with zero attached hydrogens (tertiary/aromatic N) is 2. The Morgan fingerprint density at radius 2 is 2.22 bits per heavy atom. The highest BCUT2D eigenvalue weighted by molar-refractivity contribution is 7.12. The highest BCUT2D eigenvalue weighted by Crippen LogP contribution is 2.33. The van der Waals surface area contributed by atoms with Crippen molar-refractivity contribution in [2.45, 2.75) is 38.6 Å². The van der Waals surface area contributed by atoms with Gasteiger partial charge in [-0.15, -0.1) is 22.7 Å². The Labute approximate surface area is 115 Å². The van der Waals surface area contributed by atoms with Crippen molar-refractivity contribution in [3.8, 4) is 0 Å². The molecule has 1 aliphatic rings. The summed E-state index contributed by atoms with van der Waals surface area (Å²) in [5, 5.41) is 7.86. The number of hydrogen-bond donors (Lipinski definition) is 1. The number of thiazole rings is 2. The van der Waals surface area contributed by atoms with Gasteiger partial charge in [-0.2, -0.15) is 0 Å². The smallest absolute Gasteiger partial charge is 0.117 e. The topological polar surface area (TPSA) is 37.8 Å². The Balaban J connectivity index is 1.92. The molecule has 2 heterocycles. The Morgan fingerprint density at radius 3 is 2.94 bits per heavy atom. The zero-order valence-corrected chi connectivity index (χ0v) is 12.1.